The van der Waals surface area contributed by atoms with E-state index in [2.05, 4.69) is 0 Å². The minimum Gasteiger partial charge on any atom is -0.425 e. The lowest BCUT2D eigenvalue weighted by molar-refractivity contribution is -0.141. The molecule has 2 amide bonds. The topological polar surface area (TPSA) is 59.1 Å². The molecule has 2 heterocycles. The number of urea groups is 1. The van der Waals surface area contributed by atoms with Crippen LogP contribution in [0.5, 0.6) is 5.75 Å². The number of hydroxylamine groups is 2. The van der Waals surface area contributed by atoms with Crippen LogP contribution in [-0.2, 0) is 16.2 Å². The van der Waals surface area contributed by atoms with E-state index in [0.717, 1.165) is 11.1 Å². The zero-order chi connectivity index (χ0) is 18.8. The van der Waals surface area contributed by atoms with Crippen molar-refractivity contribution >= 4 is 12.0 Å². The highest BCUT2D eigenvalue weighted by Crippen LogP contribution is 2.31. The van der Waals surface area contributed by atoms with Crippen molar-refractivity contribution in [3.63, 3.8) is 0 Å². The van der Waals surface area contributed by atoms with Gasteiger partial charge in [0.25, 0.3) is 0 Å². The fourth-order valence-corrected chi connectivity index (χ4v) is 3.55. The summed E-state index contributed by atoms with van der Waals surface area (Å²) in [5, 5.41) is 1.42. The maximum atomic E-state index is 12.7. The maximum absolute atomic E-state index is 12.7. The molecule has 27 heavy (non-hydrogen) atoms. The van der Waals surface area contributed by atoms with E-state index in [1.807, 2.05) is 49.4 Å². The fraction of sp³-hybridized carbons (Fsp3) is 0.333. The lowest BCUT2D eigenvalue weighted by atomic mass is 10.0. The Balaban J connectivity index is 1.39. The molecule has 2 aromatic rings. The molecule has 6 nitrogen and oxygen atoms in total. The molecule has 0 N–H and O–H groups in total. The smallest absolute Gasteiger partial charge is 0.345 e. The molecule has 0 radical (unpaired) electrons. The molecule has 0 aliphatic carbocycles. The first kappa shape index (κ1) is 17.5. The predicted molar refractivity (Wildman–Crippen MR) is 98.8 cm³/mol. The molecule has 2 atom stereocenters. The zero-order valence-electron chi connectivity index (χ0n) is 15.2. The Morgan fingerprint density at radius 1 is 1.07 bits per heavy atom. The standard InChI is InChI=1S/C21H22N2O4/c1-15-7-10-18(11-8-15)27-20(24)19-12-9-17-13-22(19)21(25)23(17)26-14-16-5-3-2-4-6-16/h2-8,10-11,17,19H,9,12-14H2,1H3/t17-,19+/m1/s1. The van der Waals surface area contributed by atoms with E-state index in [-0.39, 0.29) is 12.1 Å². The van der Waals surface area contributed by atoms with Crippen molar-refractivity contribution in [3.8, 4) is 5.75 Å². The van der Waals surface area contributed by atoms with E-state index in [4.69, 9.17) is 9.57 Å². The number of hydrogen-bond donors (Lipinski definition) is 0. The molecule has 0 saturated carbocycles. The number of carbonyl (C=O) groups is 2. The van der Waals surface area contributed by atoms with Crippen LogP contribution in [0, 0.1) is 6.92 Å². The Labute approximate surface area is 158 Å². The summed E-state index contributed by atoms with van der Waals surface area (Å²) >= 11 is 0. The third kappa shape index (κ3) is 3.66. The Bertz CT molecular complexity index is 822. The molecule has 0 aromatic heterocycles. The minimum atomic E-state index is -0.569. The third-order valence-electron chi connectivity index (χ3n) is 5.05. The van der Waals surface area contributed by atoms with Crippen LogP contribution in [0.3, 0.4) is 0 Å². The molecule has 140 valence electrons. The van der Waals surface area contributed by atoms with Crippen LogP contribution in [0.25, 0.3) is 0 Å². The van der Waals surface area contributed by atoms with Crippen LogP contribution in [0.1, 0.15) is 24.0 Å². The van der Waals surface area contributed by atoms with Gasteiger partial charge in [-0.25, -0.2) is 9.59 Å². The van der Waals surface area contributed by atoms with Gasteiger partial charge in [0.1, 0.15) is 18.4 Å². The van der Waals surface area contributed by atoms with Gasteiger partial charge in [-0.2, -0.15) is 5.06 Å². The van der Waals surface area contributed by atoms with Gasteiger partial charge in [-0.15, -0.1) is 0 Å². The van der Waals surface area contributed by atoms with Crippen molar-refractivity contribution in [2.24, 2.45) is 0 Å². The van der Waals surface area contributed by atoms with Gasteiger partial charge < -0.3 is 9.64 Å². The molecular formula is C21H22N2O4. The van der Waals surface area contributed by atoms with Crippen molar-refractivity contribution in [2.75, 3.05) is 6.54 Å². The summed E-state index contributed by atoms with van der Waals surface area (Å²) in [4.78, 5) is 32.7. The summed E-state index contributed by atoms with van der Waals surface area (Å²) in [6.07, 6.45) is 1.29. The molecule has 4 rings (SSSR count). The Morgan fingerprint density at radius 2 is 1.81 bits per heavy atom. The number of benzene rings is 2. The number of esters is 1. The third-order valence-corrected chi connectivity index (χ3v) is 5.05. The van der Waals surface area contributed by atoms with Gasteiger partial charge in [0, 0.05) is 6.54 Å². The van der Waals surface area contributed by atoms with Gasteiger partial charge in [-0.3, -0.25) is 4.84 Å². The predicted octanol–water partition coefficient (Wildman–Crippen LogP) is 3.30. The molecule has 2 aliphatic rings. The van der Waals surface area contributed by atoms with Crippen molar-refractivity contribution in [1.82, 2.24) is 9.96 Å². The van der Waals surface area contributed by atoms with Crippen molar-refractivity contribution in [2.45, 2.75) is 38.5 Å². The van der Waals surface area contributed by atoms with Crippen LogP contribution < -0.4 is 4.74 Å². The Morgan fingerprint density at radius 3 is 2.56 bits per heavy atom. The molecule has 0 unspecified atom stereocenters. The number of hydrogen-bond acceptors (Lipinski definition) is 4. The monoisotopic (exact) mass is 366 g/mol. The summed E-state index contributed by atoms with van der Waals surface area (Å²) in [6, 6.07) is 16.2. The van der Waals surface area contributed by atoms with Gasteiger partial charge in [-0.05, 0) is 37.5 Å². The molecule has 2 fully saturated rings. The normalized spacial score (nSPS) is 21.4. The van der Waals surface area contributed by atoms with Gasteiger partial charge in [0.05, 0.1) is 6.04 Å². The molecule has 2 saturated heterocycles. The number of rotatable bonds is 5. The summed E-state index contributed by atoms with van der Waals surface area (Å²) in [6.45, 7) is 2.79. The molecule has 2 aliphatic heterocycles. The first-order chi connectivity index (χ1) is 13.1. The van der Waals surface area contributed by atoms with Crippen LogP contribution in [0.4, 0.5) is 4.79 Å². The molecule has 6 heteroatoms. The number of carbonyl (C=O) groups excluding carboxylic acids is 2. The Kier molecular flexibility index (Phi) is 4.81. The molecule has 2 bridgehead atoms. The quantitative estimate of drug-likeness (QED) is 0.602. The van der Waals surface area contributed by atoms with E-state index >= 15 is 0 Å². The lowest BCUT2D eigenvalue weighted by Gasteiger charge is -2.28. The number of amides is 2. The number of ether oxygens (including phenoxy) is 1. The number of aryl methyl sites for hydroxylation is 1. The summed E-state index contributed by atoms with van der Waals surface area (Å²) in [7, 11) is 0. The van der Waals surface area contributed by atoms with Gasteiger partial charge in [-0.1, -0.05) is 48.0 Å². The number of nitrogens with zero attached hydrogens (tertiary/aromatic N) is 2. The zero-order valence-corrected chi connectivity index (χ0v) is 15.2. The highest BCUT2D eigenvalue weighted by atomic mass is 16.7. The summed E-state index contributed by atoms with van der Waals surface area (Å²) in [5.41, 5.74) is 2.09. The van der Waals surface area contributed by atoms with Crippen LogP contribution in [0.15, 0.2) is 54.6 Å². The van der Waals surface area contributed by atoms with Gasteiger partial charge >= 0.3 is 12.0 Å². The highest BCUT2D eigenvalue weighted by Gasteiger charge is 2.48. The number of fused-ring (bicyclic) bond motifs is 2. The first-order valence-electron chi connectivity index (χ1n) is 9.17. The summed E-state index contributed by atoms with van der Waals surface area (Å²) < 4.78 is 5.48. The fourth-order valence-electron chi connectivity index (χ4n) is 3.55. The molecule has 2 aromatic carbocycles. The van der Waals surface area contributed by atoms with E-state index in [1.165, 1.54) is 5.06 Å². The molecule has 0 spiro atoms. The maximum Gasteiger partial charge on any atom is 0.345 e. The van der Waals surface area contributed by atoms with Gasteiger partial charge in [0.2, 0.25) is 0 Å². The van der Waals surface area contributed by atoms with Crippen molar-refractivity contribution in [3.05, 3.63) is 65.7 Å². The van der Waals surface area contributed by atoms with Crippen LogP contribution >= 0.6 is 0 Å². The largest absolute Gasteiger partial charge is 0.425 e. The van der Waals surface area contributed by atoms with Crippen LogP contribution in [-0.4, -0.2) is 40.6 Å². The lowest BCUT2D eigenvalue weighted by Crippen LogP contribution is -2.46. The van der Waals surface area contributed by atoms with E-state index < -0.39 is 12.0 Å². The van der Waals surface area contributed by atoms with E-state index in [1.54, 1.807) is 17.0 Å². The molecular weight excluding hydrogens is 344 g/mol. The van der Waals surface area contributed by atoms with E-state index in [9.17, 15) is 9.59 Å². The SMILES string of the molecule is Cc1ccc(OC(=O)[C@@H]2CC[C@@H]3CN2C(=O)N3OCc2ccccc2)cc1. The second-order valence-corrected chi connectivity index (χ2v) is 7.00. The van der Waals surface area contributed by atoms with Crippen molar-refractivity contribution in [1.29, 1.82) is 0 Å². The van der Waals surface area contributed by atoms with Gasteiger partial charge in [0.15, 0.2) is 0 Å². The van der Waals surface area contributed by atoms with E-state index in [0.29, 0.717) is 31.7 Å². The minimum absolute atomic E-state index is 0.0235. The van der Waals surface area contributed by atoms with Crippen molar-refractivity contribution < 1.29 is 19.2 Å². The highest BCUT2D eigenvalue weighted by molar-refractivity contribution is 5.86. The summed E-state index contributed by atoms with van der Waals surface area (Å²) in [5.74, 6) is 0.104. The number of piperidine rings is 1. The first-order valence-corrected chi connectivity index (χ1v) is 9.17. The Hall–Kier alpha value is -2.86. The van der Waals surface area contributed by atoms with Crippen LogP contribution in [0.2, 0.25) is 0 Å². The second-order valence-electron chi connectivity index (χ2n) is 7.00. The second kappa shape index (κ2) is 7.40. The average molecular weight is 366 g/mol. The average Bonchev–Trinajstić information content (AvgIpc) is 2.93.